The Labute approximate surface area is 136 Å². The van der Waals surface area contributed by atoms with E-state index in [1.165, 1.54) is 7.11 Å². The summed E-state index contributed by atoms with van der Waals surface area (Å²) in [4.78, 5) is 29.4. The van der Waals surface area contributed by atoms with Crippen LogP contribution in [0, 0.1) is 0 Å². The number of Topliss-reactive ketones (excluding diaryl/α,β-unsaturated/α-hetero) is 2. The number of hydrogen-bond donors (Lipinski definition) is 0. The van der Waals surface area contributed by atoms with E-state index < -0.39 is 0 Å². The lowest BCUT2D eigenvalue weighted by atomic mass is 9.93. The number of rotatable bonds is 6. The molecule has 124 valence electrons. The van der Waals surface area contributed by atoms with E-state index in [0.29, 0.717) is 47.8 Å². The smallest absolute Gasteiger partial charge is 0.218 e. The van der Waals surface area contributed by atoms with Crippen molar-refractivity contribution in [2.45, 2.75) is 46.1 Å². The molecule has 0 spiro atoms. The third-order valence-corrected chi connectivity index (χ3v) is 3.77. The molecular formula is C18H23NO4. The van der Waals surface area contributed by atoms with Gasteiger partial charge in [0.1, 0.15) is 12.4 Å². The summed E-state index contributed by atoms with van der Waals surface area (Å²) in [7, 11) is 1.52. The highest BCUT2D eigenvalue weighted by molar-refractivity contribution is 6.15. The largest absolute Gasteiger partial charge is 0.497 e. The Balaban J connectivity index is 2.74. The van der Waals surface area contributed by atoms with Crippen molar-refractivity contribution < 1.29 is 19.1 Å². The lowest BCUT2D eigenvalue weighted by molar-refractivity contribution is 0.0987. The lowest BCUT2D eigenvalue weighted by Crippen LogP contribution is -2.17. The molecule has 2 rings (SSSR count). The Morgan fingerprint density at radius 1 is 1.17 bits per heavy atom. The van der Waals surface area contributed by atoms with Gasteiger partial charge in [0, 0.05) is 24.0 Å². The van der Waals surface area contributed by atoms with Gasteiger partial charge in [0.25, 0.3) is 0 Å². The number of benzene rings is 1. The Hall–Kier alpha value is -2.17. The van der Waals surface area contributed by atoms with Crippen molar-refractivity contribution in [3.05, 3.63) is 28.8 Å². The maximum absolute atomic E-state index is 12.4. The maximum Gasteiger partial charge on any atom is 0.218 e. The van der Waals surface area contributed by atoms with Gasteiger partial charge in [0.15, 0.2) is 11.6 Å². The zero-order chi connectivity index (χ0) is 17.2. The van der Waals surface area contributed by atoms with Gasteiger partial charge in [-0.25, -0.2) is 4.99 Å². The number of methoxy groups -OCH3 is 1. The predicted molar refractivity (Wildman–Crippen MR) is 88.8 cm³/mol. The Morgan fingerprint density at radius 2 is 1.70 bits per heavy atom. The predicted octanol–water partition coefficient (Wildman–Crippen LogP) is 3.44. The summed E-state index contributed by atoms with van der Waals surface area (Å²) in [5, 5.41) is 0. The number of ether oxygens (including phenoxy) is 2. The van der Waals surface area contributed by atoms with Crippen LogP contribution in [0.15, 0.2) is 17.1 Å². The average molecular weight is 317 g/mol. The average Bonchev–Trinajstić information content (AvgIpc) is 2.91. The molecular weight excluding hydrogens is 294 g/mol. The molecule has 0 aliphatic carbocycles. The Morgan fingerprint density at radius 3 is 2.04 bits per heavy atom. The van der Waals surface area contributed by atoms with Gasteiger partial charge < -0.3 is 9.47 Å². The van der Waals surface area contributed by atoms with E-state index in [4.69, 9.17) is 9.47 Å². The van der Waals surface area contributed by atoms with Crippen LogP contribution in [0.25, 0.3) is 0 Å². The number of carbonyl (C=O) groups is 2. The third-order valence-electron chi connectivity index (χ3n) is 3.77. The van der Waals surface area contributed by atoms with Gasteiger partial charge >= 0.3 is 0 Å². The van der Waals surface area contributed by atoms with Crippen LogP contribution in [0.5, 0.6) is 5.75 Å². The molecule has 0 N–H and O–H groups in total. The minimum absolute atomic E-state index is 0.0694. The van der Waals surface area contributed by atoms with Crippen LogP contribution in [-0.4, -0.2) is 36.7 Å². The van der Waals surface area contributed by atoms with Gasteiger partial charge in [-0.05, 0) is 26.0 Å². The molecule has 5 heteroatoms. The fourth-order valence-corrected chi connectivity index (χ4v) is 2.50. The van der Waals surface area contributed by atoms with Crippen LogP contribution < -0.4 is 4.74 Å². The van der Waals surface area contributed by atoms with E-state index in [1.54, 1.807) is 26.0 Å². The van der Waals surface area contributed by atoms with E-state index in [0.717, 1.165) is 0 Å². The van der Waals surface area contributed by atoms with Crippen LogP contribution in [0.2, 0.25) is 0 Å². The summed E-state index contributed by atoms with van der Waals surface area (Å²) in [6, 6.07) is 3.32. The number of aliphatic imine (C=N–C) groups is 1. The molecule has 0 fully saturated rings. The van der Waals surface area contributed by atoms with Gasteiger partial charge in [-0.2, -0.15) is 0 Å². The summed E-state index contributed by atoms with van der Waals surface area (Å²) < 4.78 is 11.0. The first kappa shape index (κ1) is 17.2. The van der Waals surface area contributed by atoms with Gasteiger partial charge in [-0.3, -0.25) is 9.59 Å². The molecule has 5 nitrogen and oxygen atoms in total. The van der Waals surface area contributed by atoms with Crippen LogP contribution >= 0.6 is 0 Å². The molecule has 0 bridgehead atoms. The SMILES string of the molecule is CCC(=O)c1cc(OC)cc(C(=O)CC)c1C1=NC(C)(C)CO1. The van der Waals surface area contributed by atoms with Crippen molar-refractivity contribution in [3.8, 4) is 5.75 Å². The topological polar surface area (TPSA) is 65.0 Å². The minimum Gasteiger partial charge on any atom is -0.497 e. The molecule has 1 aliphatic heterocycles. The molecule has 0 radical (unpaired) electrons. The zero-order valence-corrected chi connectivity index (χ0v) is 14.4. The first-order chi connectivity index (χ1) is 10.8. The molecule has 0 saturated carbocycles. The quantitative estimate of drug-likeness (QED) is 0.754. The molecule has 0 amide bonds. The summed E-state index contributed by atoms with van der Waals surface area (Å²) in [5.41, 5.74) is 0.990. The first-order valence-corrected chi connectivity index (χ1v) is 7.84. The van der Waals surface area contributed by atoms with E-state index in [9.17, 15) is 9.59 Å². The van der Waals surface area contributed by atoms with Crippen LogP contribution in [-0.2, 0) is 4.74 Å². The number of hydrogen-bond acceptors (Lipinski definition) is 5. The van der Waals surface area contributed by atoms with Crippen molar-refractivity contribution in [2.75, 3.05) is 13.7 Å². The van der Waals surface area contributed by atoms with E-state index in [-0.39, 0.29) is 17.1 Å². The summed E-state index contributed by atoms with van der Waals surface area (Å²) >= 11 is 0. The molecule has 23 heavy (non-hydrogen) atoms. The van der Waals surface area contributed by atoms with Crippen molar-refractivity contribution >= 4 is 17.5 Å². The summed E-state index contributed by atoms with van der Waals surface area (Å²) in [5.74, 6) is 0.714. The van der Waals surface area contributed by atoms with Crippen molar-refractivity contribution in [3.63, 3.8) is 0 Å². The molecule has 0 saturated heterocycles. The monoisotopic (exact) mass is 317 g/mol. The lowest BCUT2D eigenvalue weighted by Gasteiger charge is -2.14. The van der Waals surface area contributed by atoms with Gasteiger partial charge in [-0.15, -0.1) is 0 Å². The summed E-state index contributed by atoms with van der Waals surface area (Å²) in [6.45, 7) is 7.90. The van der Waals surface area contributed by atoms with E-state index >= 15 is 0 Å². The molecule has 1 aromatic rings. The van der Waals surface area contributed by atoms with Crippen molar-refractivity contribution in [1.82, 2.24) is 0 Å². The fourth-order valence-electron chi connectivity index (χ4n) is 2.50. The second-order valence-electron chi connectivity index (χ2n) is 6.17. The third kappa shape index (κ3) is 3.44. The van der Waals surface area contributed by atoms with Crippen LogP contribution in [0.3, 0.4) is 0 Å². The van der Waals surface area contributed by atoms with Gasteiger partial charge in [-0.1, -0.05) is 13.8 Å². The standard InChI is InChI=1S/C18H23NO4/c1-6-14(20)12-8-11(22-5)9-13(15(21)7-2)16(12)17-19-18(3,4)10-23-17/h8-9H,6-7,10H2,1-5H3. The fraction of sp³-hybridized carbons (Fsp3) is 0.500. The van der Waals surface area contributed by atoms with Crippen LogP contribution in [0.1, 0.15) is 66.8 Å². The van der Waals surface area contributed by atoms with E-state index in [1.807, 2.05) is 13.8 Å². The molecule has 1 heterocycles. The van der Waals surface area contributed by atoms with Crippen LogP contribution in [0.4, 0.5) is 0 Å². The highest BCUT2D eigenvalue weighted by atomic mass is 16.5. The van der Waals surface area contributed by atoms with Crippen molar-refractivity contribution in [2.24, 2.45) is 4.99 Å². The summed E-state index contributed by atoms with van der Waals surface area (Å²) in [6.07, 6.45) is 0.660. The Kier molecular flexibility index (Phi) is 4.88. The number of nitrogens with zero attached hydrogens (tertiary/aromatic N) is 1. The highest BCUT2D eigenvalue weighted by Gasteiger charge is 2.32. The van der Waals surface area contributed by atoms with Crippen molar-refractivity contribution in [1.29, 1.82) is 0 Å². The molecule has 0 atom stereocenters. The minimum atomic E-state index is -0.367. The molecule has 0 unspecified atom stereocenters. The van der Waals surface area contributed by atoms with Gasteiger partial charge in [0.2, 0.25) is 5.90 Å². The maximum atomic E-state index is 12.4. The highest BCUT2D eigenvalue weighted by Crippen LogP contribution is 2.30. The molecule has 1 aliphatic rings. The first-order valence-electron chi connectivity index (χ1n) is 7.84. The second-order valence-corrected chi connectivity index (χ2v) is 6.17. The number of ketones is 2. The van der Waals surface area contributed by atoms with E-state index in [2.05, 4.69) is 4.99 Å². The molecule has 0 aromatic heterocycles. The second kappa shape index (κ2) is 6.52. The Bertz CT molecular complexity index is 637. The molecule has 1 aromatic carbocycles. The number of carbonyl (C=O) groups excluding carboxylic acids is 2. The zero-order valence-electron chi connectivity index (χ0n) is 14.4. The van der Waals surface area contributed by atoms with Gasteiger partial charge in [0.05, 0.1) is 18.2 Å². The normalized spacial score (nSPS) is 15.8.